The van der Waals surface area contributed by atoms with Gasteiger partial charge in [0.15, 0.2) is 0 Å². The number of nitrogens with one attached hydrogen (secondary N) is 6. The zero-order valence-corrected chi connectivity index (χ0v) is 56.6. The molecule has 1 fully saturated rings. The van der Waals surface area contributed by atoms with E-state index in [0.717, 1.165) is 22.6 Å². The molecule has 516 valence electrons. The summed E-state index contributed by atoms with van der Waals surface area (Å²) in [6, 6.07) is 20.2. The van der Waals surface area contributed by atoms with E-state index in [9.17, 15) is 62.6 Å². The maximum atomic E-state index is 15.6. The Labute approximate surface area is 579 Å². The van der Waals surface area contributed by atoms with Gasteiger partial charge in [-0.3, -0.25) is 43.2 Å². The molecule has 7 N–H and O–H groups in total. The van der Waals surface area contributed by atoms with Gasteiger partial charge in [0.05, 0.1) is 72.5 Å². The molecule has 1 unspecified atom stereocenters. The van der Waals surface area contributed by atoms with E-state index in [4.69, 9.17) is 19.2 Å². The molecule has 0 saturated carbocycles. The number of likely N-dealkylation sites (tertiary alicyclic amines) is 1. The van der Waals surface area contributed by atoms with Crippen LogP contribution in [0.2, 0.25) is 0 Å². The molecule has 6 heterocycles. The van der Waals surface area contributed by atoms with E-state index >= 15 is 4.39 Å². The predicted molar refractivity (Wildman–Crippen MR) is 362 cm³/mol. The summed E-state index contributed by atoms with van der Waals surface area (Å²) in [6.07, 6.45) is 2.12. The van der Waals surface area contributed by atoms with Crippen LogP contribution in [-0.2, 0) is 90.8 Å². The van der Waals surface area contributed by atoms with Gasteiger partial charge in [-0.15, -0.1) is 0 Å². The number of likely N-dealkylation sites (N-methyl/N-ethyl adjacent to an activating group) is 1. The van der Waals surface area contributed by atoms with Crippen molar-refractivity contribution in [2.24, 2.45) is 0 Å². The molecule has 99 heavy (non-hydrogen) atoms. The minimum atomic E-state index is -2.09. The number of aliphatic hydroxyl groups is 1. The van der Waals surface area contributed by atoms with Gasteiger partial charge in [-0.2, -0.15) is 0 Å². The molecule has 6 aromatic rings. The van der Waals surface area contributed by atoms with Crippen LogP contribution in [0, 0.1) is 16.3 Å². The topological polar surface area (TPSA) is 352 Å². The highest BCUT2D eigenvalue weighted by Crippen LogP contribution is 2.47. The van der Waals surface area contributed by atoms with Crippen molar-refractivity contribution in [3.8, 4) is 11.4 Å². The molecule has 4 aliphatic heterocycles. The lowest BCUT2D eigenvalue weighted by atomic mass is 9.81. The summed E-state index contributed by atoms with van der Waals surface area (Å²) in [5.74, 6) is -6.26. The smallest absolute Gasteiger partial charge is 0.411 e. The standard InChI is InChI=1S/C70H71FIN11O16/c1-5-70(49-28-54-63-47(34-82(54)66(93)48(49)36-97-67(70)94)62-51(77-55(85)20-13-37(2)84)19-18-46-38(3)50(71)29-52(79-63)61(46)62)99-68(95)80(4)33-44-12-9-23-81(44)69(96)98-35-40-14-16-43(17-15-40)76-57(87)32-75-65(92)53(24-39-10-7-6-8-11-39)78-58(88)31-73-56(86)30-74-64(91)41-25-42(72)27-45(26-41)83-59(89)21-22-60(83)90/h6-8,10-11,14-17,21-22,25-29,37,44,51,53,84H,5,9,12-13,18-20,23-24,30-36H2,1-4H3,(H,73,86)(H,74,91)(H,75,92)(H,76,87)(H,77,85)(H,78,88)/t37?,44-,51-,53-,70-/m0/s1. The summed E-state index contributed by atoms with van der Waals surface area (Å²) in [5.41, 5.74) is 2.97. The summed E-state index contributed by atoms with van der Waals surface area (Å²) in [7, 11) is 1.46. The molecule has 0 radical (unpaired) electrons. The number of fused-ring (bicyclic) bond motifs is 5. The third-order valence-corrected chi connectivity index (χ3v) is 18.8. The molecule has 5 atom stereocenters. The number of aliphatic hydroxyl groups excluding tert-OH is 1. The number of esters is 1. The predicted octanol–water partition coefficient (Wildman–Crippen LogP) is 5.03. The number of rotatable bonds is 23. The van der Waals surface area contributed by atoms with Crippen LogP contribution in [0.25, 0.3) is 22.3 Å². The molecule has 10 amide bonds. The van der Waals surface area contributed by atoms with Gasteiger partial charge in [0.25, 0.3) is 23.3 Å². The van der Waals surface area contributed by atoms with Crippen molar-refractivity contribution < 1.29 is 76.4 Å². The van der Waals surface area contributed by atoms with Crippen molar-refractivity contribution in [3.63, 3.8) is 0 Å². The first-order chi connectivity index (χ1) is 47.4. The van der Waals surface area contributed by atoms with Crippen LogP contribution < -0.4 is 42.4 Å². The number of aryl methyl sites for hydroxylation is 1. The summed E-state index contributed by atoms with van der Waals surface area (Å²) in [6.45, 7) is 3.07. The number of amides is 10. The molecule has 29 heteroatoms. The number of aromatic nitrogens is 2. The normalized spacial score (nSPS) is 17.7. The van der Waals surface area contributed by atoms with Gasteiger partial charge < -0.3 is 65.6 Å². The zero-order valence-electron chi connectivity index (χ0n) is 54.4. The average Bonchev–Trinajstić information content (AvgIpc) is 1.61. The SMILES string of the molecule is CC[C@@]1(OC(=O)N(C)C[C@@H]2CCCN2C(=O)OCc2ccc(NC(=O)CNC(=O)[C@H](Cc3ccccc3)NC(=O)CNC(=O)CNC(=O)c3cc(I)cc(N4C(=O)C=CC4=O)c3)cc2)C(=O)OCc2c1cc1n(c2=O)Cc2c-1nc1cc(F)c(C)c3c1c2[C@@H](NC(=O)CCC(C)O)CC3. The summed E-state index contributed by atoms with van der Waals surface area (Å²) in [5, 5.41) is 26.3. The molecular weight excluding hydrogens is 1400 g/mol. The van der Waals surface area contributed by atoms with Crippen molar-refractivity contribution in [2.75, 3.05) is 50.0 Å². The lowest BCUT2D eigenvalue weighted by molar-refractivity contribution is -0.173. The number of benzene rings is 4. The fourth-order valence-corrected chi connectivity index (χ4v) is 13.7. The van der Waals surface area contributed by atoms with Crippen molar-refractivity contribution in [2.45, 2.75) is 122 Å². The number of ether oxygens (including phenoxy) is 3. The van der Waals surface area contributed by atoms with Crippen LogP contribution in [0.3, 0.4) is 0 Å². The molecule has 1 saturated heterocycles. The third kappa shape index (κ3) is 15.2. The Morgan fingerprint density at radius 2 is 1.58 bits per heavy atom. The highest BCUT2D eigenvalue weighted by Gasteiger charge is 2.52. The molecule has 5 aliphatic rings. The van der Waals surface area contributed by atoms with Gasteiger partial charge in [0.1, 0.15) is 25.1 Å². The largest absolute Gasteiger partial charge is 0.457 e. The number of hydrogen-bond donors (Lipinski definition) is 7. The van der Waals surface area contributed by atoms with E-state index in [0.29, 0.717) is 91.6 Å². The van der Waals surface area contributed by atoms with E-state index in [1.807, 2.05) is 22.6 Å². The Balaban J connectivity index is 0.665. The fraction of sp³-hybridized carbons (Fsp3) is 0.357. The highest BCUT2D eigenvalue weighted by atomic mass is 127. The number of halogens is 2. The third-order valence-electron chi connectivity index (χ3n) is 18.2. The fourth-order valence-electron chi connectivity index (χ4n) is 13.1. The van der Waals surface area contributed by atoms with Crippen molar-refractivity contribution in [1.29, 1.82) is 0 Å². The first-order valence-electron chi connectivity index (χ1n) is 32.3. The van der Waals surface area contributed by atoms with Crippen molar-refractivity contribution in [1.82, 2.24) is 45.9 Å². The molecule has 11 rings (SSSR count). The molecule has 4 aromatic carbocycles. The summed E-state index contributed by atoms with van der Waals surface area (Å²) >= 11 is 1.92. The van der Waals surface area contributed by atoms with E-state index in [-0.39, 0.29) is 73.7 Å². The average molecular weight is 1470 g/mol. The van der Waals surface area contributed by atoms with Crippen molar-refractivity contribution in [3.05, 3.63) is 167 Å². The number of pyridine rings is 2. The van der Waals surface area contributed by atoms with Crippen LogP contribution >= 0.6 is 22.6 Å². The number of anilines is 2. The Hall–Kier alpha value is -10.4. The molecule has 2 aromatic heterocycles. The quantitative estimate of drug-likeness (QED) is 0.0191. The van der Waals surface area contributed by atoms with Gasteiger partial charge in [-0.1, -0.05) is 49.4 Å². The summed E-state index contributed by atoms with van der Waals surface area (Å²) < 4.78 is 35.2. The second kappa shape index (κ2) is 29.7. The first kappa shape index (κ1) is 69.9. The van der Waals surface area contributed by atoms with E-state index in [1.165, 1.54) is 39.6 Å². The van der Waals surface area contributed by atoms with Gasteiger partial charge in [0, 0.05) is 82.5 Å². The lowest BCUT2D eigenvalue weighted by Gasteiger charge is -2.37. The number of nitrogens with zero attached hydrogens (tertiary/aromatic N) is 5. The lowest BCUT2D eigenvalue weighted by Crippen LogP contribution is -2.52. The second-order valence-electron chi connectivity index (χ2n) is 24.9. The number of carbonyl (C=O) groups excluding carboxylic acids is 11. The molecule has 1 aliphatic carbocycles. The van der Waals surface area contributed by atoms with Gasteiger partial charge in [-0.25, -0.2) is 28.7 Å². The molecule has 0 spiro atoms. The van der Waals surface area contributed by atoms with E-state index in [1.54, 1.807) is 87.5 Å². The van der Waals surface area contributed by atoms with Gasteiger partial charge in [0.2, 0.25) is 35.1 Å². The Kier molecular flexibility index (Phi) is 21.0. The van der Waals surface area contributed by atoms with Crippen LogP contribution in [0.15, 0.2) is 102 Å². The first-order valence-corrected chi connectivity index (χ1v) is 33.3. The number of carbonyl (C=O) groups is 11. The zero-order chi connectivity index (χ0) is 70.6. The van der Waals surface area contributed by atoms with Gasteiger partial charge in [-0.05, 0) is 139 Å². The minimum absolute atomic E-state index is 0.0220. The molecular formula is C70H71FIN11O16. The number of hydrogen-bond acceptors (Lipinski definition) is 17. The van der Waals surface area contributed by atoms with Crippen molar-refractivity contribution >= 4 is 110 Å². The van der Waals surface area contributed by atoms with E-state index < -0.39 is 127 Å². The van der Waals surface area contributed by atoms with Crippen LogP contribution in [0.4, 0.5) is 25.4 Å². The second-order valence-corrected chi connectivity index (χ2v) is 26.1. The monoisotopic (exact) mass is 1470 g/mol. The maximum absolute atomic E-state index is 15.6. The Morgan fingerprint density at radius 3 is 2.30 bits per heavy atom. The minimum Gasteiger partial charge on any atom is -0.457 e. The Morgan fingerprint density at radius 1 is 0.848 bits per heavy atom. The van der Waals surface area contributed by atoms with Crippen LogP contribution in [0.1, 0.15) is 113 Å². The Bertz CT molecular complexity index is 4390. The van der Waals surface area contributed by atoms with Crippen LogP contribution in [0.5, 0.6) is 0 Å². The number of cyclic esters (lactones) is 1. The van der Waals surface area contributed by atoms with Gasteiger partial charge >= 0.3 is 18.2 Å². The number of imide groups is 1. The molecule has 0 bridgehead atoms. The molecule has 27 nitrogen and oxygen atoms in total. The maximum Gasteiger partial charge on any atom is 0.411 e. The van der Waals surface area contributed by atoms with E-state index in [2.05, 4.69) is 31.9 Å². The highest BCUT2D eigenvalue weighted by molar-refractivity contribution is 14.1. The summed E-state index contributed by atoms with van der Waals surface area (Å²) in [4.78, 5) is 169. The van der Waals surface area contributed by atoms with Crippen LogP contribution in [-0.4, -0.2) is 148 Å².